The second-order valence-electron chi connectivity index (χ2n) is 3.87. The minimum Gasteiger partial charge on any atom is -0.497 e. The molecule has 0 aliphatic heterocycles. The highest BCUT2D eigenvalue weighted by Crippen LogP contribution is 2.32. The first-order valence-electron chi connectivity index (χ1n) is 4.85. The quantitative estimate of drug-likeness (QED) is 0.690. The van der Waals surface area contributed by atoms with E-state index in [-0.39, 0.29) is 5.38 Å². The number of alkyl halides is 1. The maximum Gasteiger partial charge on any atom is 0.119 e. The van der Waals surface area contributed by atoms with Gasteiger partial charge in [-0.2, -0.15) is 0 Å². The van der Waals surface area contributed by atoms with Crippen molar-refractivity contribution in [2.45, 2.75) is 26.1 Å². The Balaban J connectivity index is 2.99. The zero-order chi connectivity index (χ0) is 10.7. The molecule has 0 amide bonds. The van der Waals surface area contributed by atoms with Gasteiger partial charge < -0.3 is 4.74 Å². The SMILES string of the molecule is COc1ccc(C(Cl)C(C)C)c(C)c1. The fourth-order valence-electron chi connectivity index (χ4n) is 1.44. The van der Waals surface area contributed by atoms with Gasteiger partial charge in [0.15, 0.2) is 0 Å². The lowest BCUT2D eigenvalue weighted by atomic mass is 9.98. The van der Waals surface area contributed by atoms with Crippen LogP contribution in [-0.4, -0.2) is 7.11 Å². The number of halogens is 1. The Bertz CT molecular complexity index is 307. The van der Waals surface area contributed by atoms with Crippen LogP contribution in [0.1, 0.15) is 30.4 Å². The van der Waals surface area contributed by atoms with Gasteiger partial charge in [-0.1, -0.05) is 19.9 Å². The summed E-state index contributed by atoms with van der Waals surface area (Å²) in [6.07, 6.45) is 0. The van der Waals surface area contributed by atoms with E-state index < -0.39 is 0 Å². The molecule has 1 nitrogen and oxygen atoms in total. The van der Waals surface area contributed by atoms with E-state index in [1.807, 2.05) is 18.2 Å². The Labute approximate surface area is 91.0 Å². The summed E-state index contributed by atoms with van der Waals surface area (Å²) < 4.78 is 5.15. The zero-order valence-corrected chi connectivity index (χ0v) is 9.93. The number of rotatable bonds is 3. The first kappa shape index (κ1) is 11.4. The molecule has 0 N–H and O–H groups in total. The summed E-state index contributed by atoms with van der Waals surface area (Å²) in [5.41, 5.74) is 2.39. The number of benzene rings is 1. The maximum absolute atomic E-state index is 6.30. The van der Waals surface area contributed by atoms with E-state index in [2.05, 4.69) is 20.8 Å². The highest BCUT2D eigenvalue weighted by atomic mass is 35.5. The second kappa shape index (κ2) is 4.70. The zero-order valence-electron chi connectivity index (χ0n) is 9.17. The molecule has 0 saturated heterocycles. The molecular weight excluding hydrogens is 196 g/mol. The number of aryl methyl sites for hydroxylation is 1. The molecule has 0 fully saturated rings. The van der Waals surface area contributed by atoms with Gasteiger partial charge in [-0.3, -0.25) is 0 Å². The van der Waals surface area contributed by atoms with Crippen LogP contribution >= 0.6 is 11.6 Å². The van der Waals surface area contributed by atoms with E-state index >= 15 is 0 Å². The summed E-state index contributed by atoms with van der Waals surface area (Å²) in [4.78, 5) is 0. The van der Waals surface area contributed by atoms with Gasteiger partial charge in [-0.05, 0) is 36.1 Å². The summed E-state index contributed by atoms with van der Waals surface area (Å²) in [5.74, 6) is 1.34. The first-order valence-corrected chi connectivity index (χ1v) is 5.28. The minimum atomic E-state index is 0.0842. The number of hydrogen-bond donors (Lipinski definition) is 0. The molecule has 1 aromatic rings. The van der Waals surface area contributed by atoms with Crippen molar-refractivity contribution in [2.24, 2.45) is 5.92 Å². The topological polar surface area (TPSA) is 9.23 Å². The smallest absolute Gasteiger partial charge is 0.119 e. The molecule has 1 unspecified atom stereocenters. The lowest BCUT2D eigenvalue weighted by Gasteiger charge is -2.16. The Hall–Kier alpha value is -0.690. The predicted molar refractivity (Wildman–Crippen MR) is 61.2 cm³/mol. The van der Waals surface area contributed by atoms with Crippen molar-refractivity contribution in [1.82, 2.24) is 0 Å². The maximum atomic E-state index is 6.30. The van der Waals surface area contributed by atoms with Crippen LogP contribution in [0.4, 0.5) is 0 Å². The van der Waals surface area contributed by atoms with Gasteiger partial charge in [0.05, 0.1) is 12.5 Å². The van der Waals surface area contributed by atoms with Crippen molar-refractivity contribution in [3.63, 3.8) is 0 Å². The molecule has 0 radical (unpaired) electrons. The number of hydrogen-bond acceptors (Lipinski definition) is 1. The van der Waals surface area contributed by atoms with Crippen LogP contribution in [0, 0.1) is 12.8 Å². The van der Waals surface area contributed by atoms with E-state index in [1.165, 1.54) is 11.1 Å². The normalized spacial score (nSPS) is 13.0. The largest absolute Gasteiger partial charge is 0.497 e. The lowest BCUT2D eigenvalue weighted by Crippen LogP contribution is -2.01. The van der Waals surface area contributed by atoms with Crippen LogP contribution in [0.5, 0.6) is 5.75 Å². The van der Waals surface area contributed by atoms with Crippen molar-refractivity contribution in [3.8, 4) is 5.75 Å². The van der Waals surface area contributed by atoms with E-state index in [0.717, 1.165) is 5.75 Å². The third-order valence-corrected chi connectivity index (χ3v) is 3.10. The molecule has 0 saturated carbocycles. The molecule has 0 spiro atoms. The van der Waals surface area contributed by atoms with E-state index in [0.29, 0.717) is 5.92 Å². The Morgan fingerprint density at radius 2 is 1.93 bits per heavy atom. The van der Waals surface area contributed by atoms with Gasteiger partial charge >= 0.3 is 0 Å². The molecule has 2 heteroatoms. The minimum absolute atomic E-state index is 0.0842. The molecule has 14 heavy (non-hydrogen) atoms. The molecule has 0 aromatic heterocycles. The monoisotopic (exact) mass is 212 g/mol. The van der Waals surface area contributed by atoms with Crippen LogP contribution in [0.3, 0.4) is 0 Å². The first-order chi connectivity index (χ1) is 6.56. The van der Waals surface area contributed by atoms with Crippen molar-refractivity contribution < 1.29 is 4.74 Å². The average Bonchev–Trinajstić information content (AvgIpc) is 2.16. The van der Waals surface area contributed by atoms with Gasteiger partial charge in [0.1, 0.15) is 5.75 Å². The molecule has 78 valence electrons. The van der Waals surface area contributed by atoms with E-state index in [9.17, 15) is 0 Å². The van der Waals surface area contributed by atoms with Crippen LogP contribution in [0.2, 0.25) is 0 Å². The molecular formula is C12H17ClO. The Kier molecular flexibility index (Phi) is 3.82. The Morgan fingerprint density at radius 1 is 1.29 bits per heavy atom. The average molecular weight is 213 g/mol. The fraction of sp³-hybridized carbons (Fsp3) is 0.500. The van der Waals surface area contributed by atoms with Crippen molar-refractivity contribution in [1.29, 1.82) is 0 Å². The standard InChI is InChI=1S/C12H17ClO/c1-8(2)12(13)11-6-5-10(14-4)7-9(11)3/h5-8,12H,1-4H3. The van der Waals surface area contributed by atoms with Gasteiger partial charge in [0, 0.05) is 0 Å². The molecule has 0 heterocycles. The van der Waals surface area contributed by atoms with Gasteiger partial charge in [-0.25, -0.2) is 0 Å². The molecule has 0 aliphatic carbocycles. The molecule has 1 rings (SSSR count). The van der Waals surface area contributed by atoms with Crippen molar-refractivity contribution in [2.75, 3.05) is 7.11 Å². The second-order valence-corrected chi connectivity index (χ2v) is 4.34. The summed E-state index contributed by atoms with van der Waals surface area (Å²) >= 11 is 6.30. The fourth-order valence-corrected chi connectivity index (χ4v) is 1.69. The van der Waals surface area contributed by atoms with Crippen molar-refractivity contribution in [3.05, 3.63) is 29.3 Å². The third kappa shape index (κ3) is 2.42. The van der Waals surface area contributed by atoms with E-state index in [4.69, 9.17) is 16.3 Å². The van der Waals surface area contributed by atoms with E-state index in [1.54, 1.807) is 7.11 Å². The third-order valence-electron chi connectivity index (χ3n) is 2.36. The molecule has 1 atom stereocenters. The molecule has 1 aromatic carbocycles. The summed E-state index contributed by atoms with van der Waals surface area (Å²) in [5, 5.41) is 0.0842. The van der Waals surface area contributed by atoms with Crippen LogP contribution in [0.15, 0.2) is 18.2 Å². The van der Waals surface area contributed by atoms with Gasteiger partial charge in [0.25, 0.3) is 0 Å². The highest BCUT2D eigenvalue weighted by Gasteiger charge is 2.14. The Morgan fingerprint density at radius 3 is 2.36 bits per heavy atom. The molecule has 0 aliphatic rings. The molecule has 0 bridgehead atoms. The number of methoxy groups -OCH3 is 1. The lowest BCUT2D eigenvalue weighted by molar-refractivity contribution is 0.414. The van der Waals surface area contributed by atoms with Crippen LogP contribution in [-0.2, 0) is 0 Å². The predicted octanol–water partition coefficient (Wildman–Crippen LogP) is 3.94. The summed E-state index contributed by atoms with van der Waals surface area (Å²) in [7, 11) is 1.68. The number of ether oxygens (including phenoxy) is 1. The van der Waals surface area contributed by atoms with Crippen molar-refractivity contribution >= 4 is 11.6 Å². The highest BCUT2D eigenvalue weighted by molar-refractivity contribution is 6.21. The van der Waals surface area contributed by atoms with Gasteiger partial charge in [-0.15, -0.1) is 11.6 Å². The summed E-state index contributed by atoms with van der Waals surface area (Å²) in [6, 6.07) is 6.03. The summed E-state index contributed by atoms with van der Waals surface area (Å²) in [6.45, 7) is 6.32. The van der Waals surface area contributed by atoms with Crippen LogP contribution < -0.4 is 4.74 Å². The van der Waals surface area contributed by atoms with Gasteiger partial charge in [0.2, 0.25) is 0 Å². The van der Waals surface area contributed by atoms with Crippen LogP contribution in [0.25, 0.3) is 0 Å².